The molecule has 0 radical (unpaired) electrons. The Morgan fingerprint density at radius 3 is 2.65 bits per heavy atom. The molecule has 4 heteroatoms. The first kappa shape index (κ1) is 12.3. The predicted octanol–water partition coefficient (Wildman–Crippen LogP) is 3.33. The van der Waals surface area contributed by atoms with Crippen molar-refractivity contribution >= 4 is 5.69 Å². The van der Waals surface area contributed by atoms with Gasteiger partial charge in [-0.15, -0.1) is 0 Å². The lowest BCUT2D eigenvalue weighted by Crippen LogP contribution is -2.33. The third kappa shape index (κ3) is 3.40. The number of ether oxygens (including phenoxy) is 1. The number of anilines is 1. The van der Waals surface area contributed by atoms with Crippen molar-refractivity contribution in [1.82, 2.24) is 0 Å². The number of hydrogen-bond donors (Lipinski definition) is 1. The highest BCUT2D eigenvalue weighted by molar-refractivity contribution is 5.44. The molecule has 0 amide bonds. The van der Waals surface area contributed by atoms with Crippen LogP contribution in [0.15, 0.2) is 18.2 Å². The van der Waals surface area contributed by atoms with Gasteiger partial charge in [-0.1, -0.05) is 6.92 Å². The molecule has 2 rings (SSSR count). The molecule has 2 nitrogen and oxygen atoms in total. The van der Waals surface area contributed by atoms with E-state index in [9.17, 15) is 8.78 Å². The van der Waals surface area contributed by atoms with Gasteiger partial charge in [-0.05, 0) is 31.4 Å². The van der Waals surface area contributed by atoms with Gasteiger partial charge in [0, 0.05) is 24.4 Å². The van der Waals surface area contributed by atoms with Crippen molar-refractivity contribution in [3.05, 3.63) is 29.8 Å². The van der Waals surface area contributed by atoms with Crippen molar-refractivity contribution in [1.29, 1.82) is 0 Å². The molecule has 0 spiro atoms. The van der Waals surface area contributed by atoms with Gasteiger partial charge < -0.3 is 10.1 Å². The molecular formula is C13H17F2NO. The van der Waals surface area contributed by atoms with Crippen LogP contribution in [0.3, 0.4) is 0 Å². The second-order valence-corrected chi connectivity index (χ2v) is 4.42. The zero-order valence-electron chi connectivity index (χ0n) is 9.88. The van der Waals surface area contributed by atoms with Gasteiger partial charge in [-0.25, -0.2) is 8.78 Å². The van der Waals surface area contributed by atoms with Crippen LogP contribution in [0.4, 0.5) is 14.5 Å². The normalized spacial score (nSPS) is 24.6. The van der Waals surface area contributed by atoms with Crippen LogP contribution in [0, 0.1) is 11.6 Å². The molecule has 1 aromatic carbocycles. The summed E-state index contributed by atoms with van der Waals surface area (Å²) in [5, 5.41) is 3.17. The minimum atomic E-state index is -0.549. The second kappa shape index (κ2) is 5.45. The number of benzene rings is 1. The molecule has 1 aliphatic rings. The number of nitrogens with one attached hydrogen (secondary N) is 1. The van der Waals surface area contributed by atoms with E-state index in [1.165, 1.54) is 12.1 Å². The number of halogens is 2. The molecule has 0 bridgehead atoms. The van der Waals surface area contributed by atoms with Crippen molar-refractivity contribution in [2.75, 3.05) is 11.9 Å². The van der Waals surface area contributed by atoms with Crippen molar-refractivity contribution in [2.24, 2.45) is 0 Å². The Morgan fingerprint density at radius 1 is 1.29 bits per heavy atom. The third-order valence-electron chi connectivity index (χ3n) is 3.06. The highest BCUT2D eigenvalue weighted by Crippen LogP contribution is 2.21. The smallest absolute Gasteiger partial charge is 0.128 e. The van der Waals surface area contributed by atoms with Crippen LogP contribution in [0.1, 0.15) is 26.2 Å². The predicted molar refractivity (Wildman–Crippen MR) is 63.0 cm³/mol. The second-order valence-electron chi connectivity index (χ2n) is 4.42. The van der Waals surface area contributed by atoms with Crippen molar-refractivity contribution in [3.8, 4) is 0 Å². The highest BCUT2D eigenvalue weighted by atomic mass is 19.1. The van der Waals surface area contributed by atoms with E-state index >= 15 is 0 Å². The average molecular weight is 241 g/mol. The molecule has 1 fully saturated rings. The first-order chi connectivity index (χ1) is 8.17. The molecule has 1 saturated heterocycles. The zero-order chi connectivity index (χ0) is 12.3. The molecule has 0 saturated carbocycles. The van der Waals surface area contributed by atoms with E-state index < -0.39 is 11.6 Å². The fraction of sp³-hybridized carbons (Fsp3) is 0.538. The Hall–Kier alpha value is -1.16. The van der Waals surface area contributed by atoms with Gasteiger partial charge >= 0.3 is 0 Å². The molecule has 1 aliphatic heterocycles. The summed E-state index contributed by atoms with van der Waals surface area (Å²) in [4.78, 5) is 0. The van der Waals surface area contributed by atoms with Gasteiger partial charge in [0.15, 0.2) is 0 Å². The molecule has 2 unspecified atom stereocenters. The van der Waals surface area contributed by atoms with Crippen LogP contribution >= 0.6 is 0 Å². The van der Waals surface area contributed by atoms with Crippen molar-refractivity contribution in [2.45, 2.75) is 38.3 Å². The van der Waals surface area contributed by atoms with Crippen LogP contribution in [-0.4, -0.2) is 18.8 Å². The first-order valence-electron chi connectivity index (χ1n) is 6.01. The van der Waals surface area contributed by atoms with E-state index in [4.69, 9.17) is 4.74 Å². The molecule has 1 aromatic rings. The number of hydrogen-bond acceptors (Lipinski definition) is 2. The molecule has 2 atom stereocenters. The quantitative estimate of drug-likeness (QED) is 0.876. The van der Waals surface area contributed by atoms with Gasteiger partial charge in [-0.2, -0.15) is 0 Å². The lowest BCUT2D eigenvalue weighted by Gasteiger charge is -2.30. The minimum Gasteiger partial charge on any atom is -0.382 e. The maximum absolute atomic E-state index is 13.0. The standard InChI is InChI=1S/C13H17F2NO/c1-2-13-8-11(3-4-17-13)16-12-6-9(14)5-10(15)7-12/h5-7,11,13,16H,2-4,8H2,1H3. The molecule has 0 aromatic heterocycles. The minimum absolute atomic E-state index is 0.231. The fourth-order valence-electron chi connectivity index (χ4n) is 2.17. The van der Waals surface area contributed by atoms with E-state index in [0.29, 0.717) is 12.3 Å². The molecule has 94 valence electrons. The van der Waals surface area contributed by atoms with E-state index in [1.54, 1.807) is 0 Å². The lowest BCUT2D eigenvalue weighted by molar-refractivity contribution is 0.00925. The SMILES string of the molecule is CCC1CC(Nc2cc(F)cc(F)c2)CCO1. The van der Waals surface area contributed by atoms with Gasteiger partial charge in [0.1, 0.15) is 11.6 Å². The Morgan fingerprint density at radius 2 is 2.00 bits per heavy atom. The summed E-state index contributed by atoms with van der Waals surface area (Å²) in [7, 11) is 0. The molecule has 1 N–H and O–H groups in total. The Balaban J connectivity index is 2.00. The van der Waals surface area contributed by atoms with Crippen LogP contribution in [-0.2, 0) is 4.74 Å². The lowest BCUT2D eigenvalue weighted by atomic mass is 10.0. The summed E-state index contributed by atoms with van der Waals surface area (Å²) in [6.07, 6.45) is 2.97. The summed E-state index contributed by atoms with van der Waals surface area (Å²) in [6, 6.07) is 3.75. The number of rotatable bonds is 3. The Labute approximate surface area is 100.0 Å². The summed E-state index contributed by atoms with van der Waals surface area (Å²) in [5.74, 6) is -1.10. The fourth-order valence-corrected chi connectivity index (χ4v) is 2.17. The van der Waals surface area contributed by atoms with Gasteiger partial charge in [0.2, 0.25) is 0 Å². The average Bonchev–Trinajstić information content (AvgIpc) is 2.28. The monoisotopic (exact) mass is 241 g/mol. The van der Waals surface area contributed by atoms with Crippen molar-refractivity contribution in [3.63, 3.8) is 0 Å². The summed E-state index contributed by atoms with van der Waals surface area (Å²) < 4.78 is 31.6. The van der Waals surface area contributed by atoms with Crippen LogP contribution in [0.5, 0.6) is 0 Å². The molecule has 17 heavy (non-hydrogen) atoms. The van der Waals surface area contributed by atoms with Crippen LogP contribution < -0.4 is 5.32 Å². The van der Waals surface area contributed by atoms with Gasteiger partial charge in [0.25, 0.3) is 0 Å². The van der Waals surface area contributed by atoms with E-state index in [2.05, 4.69) is 12.2 Å². The first-order valence-corrected chi connectivity index (χ1v) is 6.01. The Bertz CT molecular complexity index is 363. The summed E-state index contributed by atoms with van der Waals surface area (Å²) in [6.45, 7) is 2.78. The zero-order valence-corrected chi connectivity index (χ0v) is 9.88. The molecule has 1 heterocycles. The largest absolute Gasteiger partial charge is 0.382 e. The van der Waals surface area contributed by atoms with E-state index in [-0.39, 0.29) is 12.1 Å². The molecular weight excluding hydrogens is 224 g/mol. The van der Waals surface area contributed by atoms with Crippen LogP contribution in [0.2, 0.25) is 0 Å². The topological polar surface area (TPSA) is 21.3 Å². The van der Waals surface area contributed by atoms with E-state index in [0.717, 1.165) is 25.3 Å². The van der Waals surface area contributed by atoms with Crippen LogP contribution in [0.25, 0.3) is 0 Å². The molecule has 0 aliphatic carbocycles. The summed E-state index contributed by atoms with van der Waals surface area (Å²) >= 11 is 0. The van der Waals surface area contributed by atoms with Gasteiger partial charge in [-0.3, -0.25) is 0 Å². The summed E-state index contributed by atoms with van der Waals surface area (Å²) in [5.41, 5.74) is 0.504. The maximum Gasteiger partial charge on any atom is 0.128 e. The van der Waals surface area contributed by atoms with E-state index in [1.807, 2.05) is 0 Å². The Kier molecular flexibility index (Phi) is 3.94. The van der Waals surface area contributed by atoms with Gasteiger partial charge in [0.05, 0.1) is 6.10 Å². The van der Waals surface area contributed by atoms with Crippen molar-refractivity contribution < 1.29 is 13.5 Å². The third-order valence-corrected chi connectivity index (χ3v) is 3.06. The maximum atomic E-state index is 13.0. The highest BCUT2D eigenvalue weighted by Gasteiger charge is 2.21.